The highest BCUT2D eigenvalue weighted by Crippen LogP contribution is 2.41. The molecule has 2 rings (SSSR count). The van der Waals surface area contributed by atoms with Gasteiger partial charge in [0.25, 0.3) is 0 Å². The molecule has 0 spiro atoms. The van der Waals surface area contributed by atoms with Crippen LogP contribution in [-0.2, 0) is 15.8 Å². The van der Waals surface area contributed by atoms with Crippen molar-refractivity contribution in [2.75, 3.05) is 6.54 Å². The molecule has 0 heterocycles. The second-order valence-corrected chi connectivity index (χ2v) is 6.95. The first-order valence-electron chi connectivity index (χ1n) is 8.91. The van der Waals surface area contributed by atoms with Crippen LogP contribution < -0.4 is 10.6 Å². The number of carbonyl (C=O) groups excluding carboxylic acids is 2. The first kappa shape index (κ1) is 20.3. The van der Waals surface area contributed by atoms with Gasteiger partial charge >= 0.3 is 6.18 Å². The molecule has 26 heavy (non-hydrogen) atoms. The van der Waals surface area contributed by atoms with Gasteiger partial charge in [0.05, 0.1) is 17.5 Å². The Kier molecular flexibility index (Phi) is 6.67. The van der Waals surface area contributed by atoms with Gasteiger partial charge in [0.1, 0.15) is 0 Å². The number of hydrogen-bond acceptors (Lipinski definition) is 2. The van der Waals surface area contributed by atoms with Crippen LogP contribution >= 0.6 is 0 Å². The summed E-state index contributed by atoms with van der Waals surface area (Å²) in [5, 5.41) is 5.39. The van der Waals surface area contributed by atoms with Crippen molar-refractivity contribution in [2.45, 2.75) is 51.7 Å². The van der Waals surface area contributed by atoms with Crippen LogP contribution in [0.2, 0.25) is 0 Å². The van der Waals surface area contributed by atoms with Crippen LogP contribution in [0.1, 0.15) is 56.7 Å². The number of alkyl halides is 3. The number of benzene rings is 1. The Morgan fingerprint density at radius 3 is 2.38 bits per heavy atom. The third-order valence-corrected chi connectivity index (χ3v) is 4.88. The van der Waals surface area contributed by atoms with Crippen LogP contribution in [0.3, 0.4) is 0 Å². The lowest BCUT2D eigenvalue weighted by Gasteiger charge is -2.29. The van der Waals surface area contributed by atoms with Gasteiger partial charge in [-0.1, -0.05) is 38.0 Å². The summed E-state index contributed by atoms with van der Waals surface area (Å²) in [5.74, 6) is -1.15. The van der Waals surface area contributed by atoms with Gasteiger partial charge in [0.15, 0.2) is 0 Å². The minimum Gasteiger partial charge on any atom is -0.356 e. The van der Waals surface area contributed by atoms with Crippen molar-refractivity contribution in [3.8, 4) is 0 Å². The zero-order chi connectivity index (χ0) is 19.3. The van der Waals surface area contributed by atoms with E-state index in [4.69, 9.17) is 0 Å². The molecule has 0 aliphatic heterocycles. The zero-order valence-corrected chi connectivity index (χ0v) is 15.0. The molecule has 0 unspecified atom stereocenters. The normalized spacial score (nSPS) is 17.6. The highest BCUT2D eigenvalue weighted by atomic mass is 19.4. The Hall–Kier alpha value is -2.05. The van der Waals surface area contributed by atoms with Crippen LogP contribution in [0.25, 0.3) is 0 Å². The quantitative estimate of drug-likeness (QED) is 0.800. The fourth-order valence-corrected chi connectivity index (χ4v) is 3.45. The molecule has 2 atom stereocenters. The molecule has 1 aromatic carbocycles. The van der Waals surface area contributed by atoms with Crippen LogP contribution in [0.5, 0.6) is 0 Å². The molecule has 0 aromatic heterocycles. The topological polar surface area (TPSA) is 58.2 Å². The van der Waals surface area contributed by atoms with Gasteiger partial charge < -0.3 is 10.6 Å². The maximum Gasteiger partial charge on any atom is 0.416 e. The monoisotopic (exact) mass is 370 g/mol. The maximum absolute atomic E-state index is 13.4. The zero-order valence-electron chi connectivity index (χ0n) is 15.0. The van der Waals surface area contributed by atoms with E-state index in [0.717, 1.165) is 31.7 Å². The molecule has 1 aliphatic carbocycles. The molecular formula is C19H25F3N2O2. The Balaban J connectivity index is 2.25. The van der Waals surface area contributed by atoms with Crippen molar-refractivity contribution in [1.82, 2.24) is 10.6 Å². The Labute approximate surface area is 151 Å². The molecule has 0 bridgehead atoms. The van der Waals surface area contributed by atoms with E-state index in [1.165, 1.54) is 19.1 Å². The number of hydrogen-bond donors (Lipinski definition) is 2. The maximum atomic E-state index is 13.4. The highest BCUT2D eigenvalue weighted by Gasteiger charge is 2.38. The van der Waals surface area contributed by atoms with Gasteiger partial charge in [-0.25, -0.2) is 0 Å². The van der Waals surface area contributed by atoms with E-state index in [1.807, 2.05) is 0 Å². The number of amides is 2. The molecule has 7 heteroatoms. The lowest BCUT2D eigenvalue weighted by atomic mass is 9.88. The molecule has 1 saturated carbocycles. The Morgan fingerprint density at radius 1 is 1.19 bits per heavy atom. The largest absolute Gasteiger partial charge is 0.416 e. The summed E-state index contributed by atoms with van der Waals surface area (Å²) >= 11 is 0. The fraction of sp³-hybridized carbons (Fsp3) is 0.579. The number of rotatable bonds is 6. The molecular weight excluding hydrogens is 345 g/mol. The van der Waals surface area contributed by atoms with Gasteiger partial charge in [-0.2, -0.15) is 13.2 Å². The molecule has 1 aromatic rings. The summed E-state index contributed by atoms with van der Waals surface area (Å²) in [7, 11) is 0. The van der Waals surface area contributed by atoms with Crippen LogP contribution in [-0.4, -0.2) is 18.4 Å². The van der Waals surface area contributed by atoms with Crippen molar-refractivity contribution in [3.05, 3.63) is 35.4 Å². The SMILES string of the molecule is CC(=O)NC[C@@H](C)C(=O)N[C@H](c1ccccc1C(F)(F)F)C1CCCC1. The standard InChI is InChI=1S/C19H25F3N2O2/c1-12(11-23-13(2)25)18(26)24-17(14-7-3-4-8-14)15-9-5-6-10-16(15)19(20,21)22/h5-6,9-10,12,14,17H,3-4,7-8,11H2,1-2H3,(H,23,25)(H,24,26)/t12-,17+/m1/s1. The summed E-state index contributed by atoms with van der Waals surface area (Å²) < 4.78 is 40.3. The number of nitrogens with one attached hydrogen (secondary N) is 2. The lowest BCUT2D eigenvalue weighted by Crippen LogP contribution is -2.40. The molecule has 0 saturated heterocycles. The van der Waals surface area contributed by atoms with E-state index >= 15 is 0 Å². The van der Waals surface area contributed by atoms with E-state index in [2.05, 4.69) is 10.6 Å². The summed E-state index contributed by atoms with van der Waals surface area (Å²) in [6.45, 7) is 3.15. The van der Waals surface area contributed by atoms with Gasteiger partial charge in [0.2, 0.25) is 11.8 Å². The number of carbonyl (C=O) groups is 2. The molecule has 2 N–H and O–H groups in total. The van der Waals surface area contributed by atoms with E-state index in [9.17, 15) is 22.8 Å². The van der Waals surface area contributed by atoms with Crippen LogP contribution in [0.4, 0.5) is 13.2 Å². The Bertz CT molecular complexity index is 640. The summed E-state index contributed by atoms with van der Waals surface area (Å²) in [4.78, 5) is 23.5. The highest BCUT2D eigenvalue weighted by molar-refractivity contribution is 5.80. The second-order valence-electron chi connectivity index (χ2n) is 6.95. The molecule has 0 radical (unpaired) electrons. The lowest BCUT2D eigenvalue weighted by molar-refractivity contribution is -0.139. The minimum absolute atomic E-state index is 0.0181. The first-order valence-corrected chi connectivity index (χ1v) is 8.91. The molecule has 1 aliphatic rings. The van der Waals surface area contributed by atoms with Crippen molar-refractivity contribution in [3.63, 3.8) is 0 Å². The van der Waals surface area contributed by atoms with Crippen molar-refractivity contribution >= 4 is 11.8 Å². The van der Waals surface area contributed by atoms with Crippen molar-refractivity contribution in [2.24, 2.45) is 11.8 Å². The molecule has 1 fully saturated rings. The van der Waals surface area contributed by atoms with E-state index in [-0.39, 0.29) is 29.8 Å². The average Bonchev–Trinajstić information content (AvgIpc) is 3.10. The molecule has 144 valence electrons. The summed E-state index contributed by atoms with van der Waals surface area (Å²) in [6, 6.07) is 4.76. The fourth-order valence-electron chi connectivity index (χ4n) is 3.45. The summed E-state index contributed by atoms with van der Waals surface area (Å²) in [5.41, 5.74) is -0.585. The second kappa shape index (κ2) is 8.56. The van der Waals surface area contributed by atoms with Crippen LogP contribution in [0, 0.1) is 11.8 Å². The van der Waals surface area contributed by atoms with Gasteiger partial charge in [-0.3, -0.25) is 9.59 Å². The van der Waals surface area contributed by atoms with E-state index in [1.54, 1.807) is 13.0 Å². The first-order chi connectivity index (χ1) is 12.2. The third-order valence-electron chi connectivity index (χ3n) is 4.88. The van der Waals surface area contributed by atoms with Gasteiger partial charge in [-0.05, 0) is 30.4 Å². The third kappa shape index (κ3) is 5.22. The van der Waals surface area contributed by atoms with Crippen molar-refractivity contribution < 1.29 is 22.8 Å². The Morgan fingerprint density at radius 2 is 1.81 bits per heavy atom. The van der Waals surface area contributed by atoms with E-state index < -0.39 is 23.7 Å². The predicted octanol–water partition coefficient (Wildman–Crippen LogP) is 3.83. The minimum atomic E-state index is -4.47. The van der Waals surface area contributed by atoms with Gasteiger partial charge in [-0.15, -0.1) is 0 Å². The predicted molar refractivity (Wildman–Crippen MR) is 92.1 cm³/mol. The molecule has 2 amide bonds. The molecule has 4 nitrogen and oxygen atoms in total. The van der Waals surface area contributed by atoms with Gasteiger partial charge in [0, 0.05) is 13.5 Å². The van der Waals surface area contributed by atoms with Crippen molar-refractivity contribution in [1.29, 1.82) is 0 Å². The van der Waals surface area contributed by atoms with E-state index in [0.29, 0.717) is 0 Å². The number of halogens is 3. The smallest absolute Gasteiger partial charge is 0.356 e. The average molecular weight is 370 g/mol. The van der Waals surface area contributed by atoms with Crippen LogP contribution in [0.15, 0.2) is 24.3 Å². The summed E-state index contributed by atoms with van der Waals surface area (Å²) in [6.07, 6.45) is -0.992.